The van der Waals surface area contributed by atoms with Gasteiger partial charge in [0.2, 0.25) is 10.0 Å². The van der Waals surface area contributed by atoms with Crippen LogP contribution < -0.4 is 5.73 Å². The monoisotopic (exact) mass is 271 g/mol. The summed E-state index contributed by atoms with van der Waals surface area (Å²) in [5.41, 5.74) is 7.13. The van der Waals surface area contributed by atoms with Gasteiger partial charge in [-0.15, -0.1) is 0 Å². The van der Waals surface area contributed by atoms with Crippen LogP contribution in [0.4, 0.5) is 0 Å². The normalized spacial score (nSPS) is 13.8. The molecular formula is C12H21N3O2S. The molecule has 1 heterocycles. The van der Waals surface area contributed by atoms with Crippen molar-refractivity contribution in [2.75, 3.05) is 13.6 Å². The van der Waals surface area contributed by atoms with E-state index in [2.05, 4.69) is 4.98 Å². The Hall–Kier alpha value is -0.980. The molecule has 6 heteroatoms. The Bertz CT molecular complexity index is 484. The second-order valence-corrected chi connectivity index (χ2v) is 6.66. The van der Waals surface area contributed by atoms with Crippen LogP contribution >= 0.6 is 0 Å². The predicted octanol–water partition coefficient (Wildman–Crippen LogP) is 0.889. The summed E-state index contributed by atoms with van der Waals surface area (Å²) < 4.78 is 25.7. The molecule has 0 saturated carbocycles. The van der Waals surface area contributed by atoms with Crippen molar-refractivity contribution in [1.29, 1.82) is 0 Å². The number of hydrogen-bond acceptors (Lipinski definition) is 4. The van der Waals surface area contributed by atoms with Crippen molar-refractivity contribution in [2.45, 2.75) is 32.1 Å². The van der Waals surface area contributed by atoms with E-state index in [9.17, 15) is 8.42 Å². The second kappa shape index (κ2) is 6.26. The Labute approximate surface area is 109 Å². The van der Waals surface area contributed by atoms with Gasteiger partial charge in [-0.25, -0.2) is 8.42 Å². The summed E-state index contributed by atoms with van der Waals surface area (Å²) in [6.07, 6.45) is 0.518. The highest BCUT2D eigenvalue weighted by molar-refractivity contribution is 7.89. The quantitative estimate of drug-likeness (QED) is 0.833. The van der Waals surface area contributed by atoms with Crippen molar-refractivity contribution < 1.29 is 8.42 Å². The fourth-order valence-electron chi connectivity index (χ4n) is 1.76. The number of nitrogens with zero attached hydrogens (tertiary/aromatic N) is 2. The summed E-state index contributed by atoms with van der Waals surface area (Å²) in [7, 11) is -1.78. The first kappa shape index (κ1) is 15.1. The first-order valence-corrected chi connectivity index (χ1v) is 7.49. The molecule has 2 N–H and O–H groups in total. The average Bonchev–Trinajstić information content (AvgIpc) is 2.30. The van der Waals surface area contributed by atoms with Gasteiger partial charge < -0.3 is 5.73 Å². The van der Waals surface area contributed by atoms with Gasteiger partial charge in [0.1, 0.15) is 0 Å². The van der Waals surface area contributed by atoms with Crippen molar-refractivity contribution in [1.82, 2.24) is 9.29 Å². The molecule has 1 atom stereocenters. The topological polar surface area (TPSA) is 76.3 Å². The lowest BCUT2D eigenvalue weighted by Gasteiger charge is -2.22. The maximum Gasteiger partial charge on any atom is 0.218 e. The SMILES string of the molecule is CCC(CN)S(=O)(=O)N(C)Cc1cccc(C)n1. The van der Waals surface area contributed by atoms with Crippen LogP contribution in [0.1, 0.15) is 24.7 Å². The molecule has 0 aliphatic rings. The molecule has 102 valence electrons. The lowest BCUT2D eigenvalue weighted by atomic mass is 10.3. The predicted molar refractivity (Wildman–Crippen MR) is 72.5 cm³/mol. The maximum absolute atomic E-state index is 12.2. The highest BCUT2D eigenvalue weighted by Gasteiger charge is 2.27. The number of sulfonamides is 1. The van der Waals surface area contributed by atoms with E-state index in [-0.39, 0.29) is 13.1 Å². The Balaban J connectivity index is 2.85. The minimum Gasteiger partial charge on any atom is -0.329 e. The van der Waals surface area contributed by atoms with Crippen LogP contribution in [-0.4, -0.2) is 36.5 Å². The molecule has 0 amide bonds. The van der Waals surface area contributed by atoms with Crippen molar-refractivity contribution in [3.63, 3.8) is 0 Å². The van der Waals surface area contributed by atoms with Gasteiger partial charge in [-0.3, -0.25) is 4.98 Å². The molecule has 0 saturated heterocycles. The molecule has 5 nitrogen and oxygen atoms in total. The van der Waals surface area contributed by atoms with Gasteiger partial charge in [-0.1, -0.05) is 13.0 Å². The van der Waals surface area contributed by atoms with E-state index in [0.29, 0.717) is 6.42 Å². The van der Waals surface area contributed by atoms with E-state index in [1.165, 1.54) is 4.31 Å². The molecule has 0 spiro atoms. The highest BCUT2D eigenvalue weighted by atomic mass is 32.2. The van der Waals surface area contributed by atoms with Gasteiger partial charge in [0.25, 0.3) is 0 Å². The summed E-state index contributed by atoms with van der Waals surface area (Å²) in [6, 6.07) is 5.58. The minimum atomic E-state index is -3.34. The van der Waals surface area contributed by atoms with E-state index in [4.69, 9.17) is 5.73 Å². The van der Waals surface area contributed by atoms with Crippen LogP contribution in [0.15, 0.2) is 18.2 Å². The van der Waals surface area contributed by atoms with Crippen LogP contribution in [0.5, 0.6) is 0 Å². The van der Waals surface area contributed by atoms with E-state index >= 15 is 0 Å². The first-order chi connectivity index (χ1) is 8.41. The third-order valence-electron chi connectivity index (χ3n) is 2.90. The van der Waals surface area contributed by atoms with Crippen LogP contribution in [0, 0.1) is 6.92 Å². The van der Waals surface area contributed by atoms with E-state index in [1.807, 2.05) is 32.0 Å². The van der Waals surface area contributed by atoms with Crippen LogP contribution in [-0.2, 0) is 16.6 Å². The largest absolute Gasteiger partial charge is 0.329 e. The molecule has 1 unspecified atom stereocenters. The number of aryl methyl sites for hydroxylation is 1. The summed E-state index contributed by atoms with van der Waals surface area (Å²) >= 11 is 0. The van der Waals surface area contributed by atoms with Crippen LogP contribution in [0.3, 0.4) is 0 Å². The Morgan fingerprint density at radius 3 is 2.61 bits per heavy atom. The summed E-state index contributed by atoms with van der Waals surface area (Å²) in [4.78, 5) is 4.30. The summed E-state index contributed by atoms with van der Waals surface area (Å²) in [5.74, 6) is 0. The maximum atomic E-state index is 12.2. The van der Waals surface area contributed by atoms with Crippen molar-refractivity contribution in [3.8, 4) is 0 Å². The number of rotatable bonds is 6. The first-order valence-electron chi connectivity index (χ1n) is 5.99. The lowest BCUT2D eigenvalue weighted by Crippen LogP contribution is -2.39. The van der Waals surface area contributed by atoms with Gasteiger partial charge in [0, 0.05) is 19.3 Å². The Morgan fingerprint density at radius 2 is 2.11 bits per heavy atom. The zero-order valence-electron chi connectivity index (χ0n) is 11.1. The van der Waals surface area contributed by atoms with Crippen molar-refractivity contribution in [2.24, 2.45) is 5.73 Å². The number of pyridine rings is 1. The highest BCUT2D eigenvalue weighted by Crippen LogP contribution is 2.12. The number of aromatic nitrogens is 1. The Morgan fingerprint density at radius 1 is 1.44 bits per heavy atom. The molecule has 0 aromatic carbocycles. The van der Waals surface area contributed by atoms with E-state index in [0.717, 1.165) is 11.4 Å². The van der Waals surface area contributed by atoms with Gasteiger partial charge in [-0.05, 0) is 25.5 Å². The molecule has 1 rings (SSSR count). The molecule has 0 radical (unpaired) electrons. The Kier molecular flexibility index (Phi) is 5.25. The van der Waals surface area contributed by atoms with Gasteiger partial charge in [-0.2, -0.15) is 4.31 Å². The third-order valence-corrected chi connectivity index (χ3v) is 5.27. The molecule has 18 heavy (non-hydrogen) atoms. The summed E-state index contributed by atoms with van der Waals surface area (Å²) in [5, 5.41) is -0.521. The van der Waals surface area contributed by atoms with Crippen LogP contribution in [0.2, 0.25) is 0 Å². The minimum absolute atomic E-state index is 0.143. The van der Waals surface area contributed by atoms with Crippen molar-refractivity contribution in [3.05, 3.63) is 29.6 Å². The lowest BCUT2D eigenvalue weighted by molar-refractivity contribution is 0.449. The standard InChI is InChI=1S/C12H21N3O2S/c1-4-12(8-13)18(16,17)15(3)9-11-7-5-6-10(2)14-11/h5-7,12H,4,8-9,13H2,1-3H3. The fraction of sp³-hybridized carbons (Fsp3) is 0.583. The number of nitrogens with two attached hydrogens (primary N) is 1. The third kappa shape index (κ3) is 3.51. The molecular weight excluding hydrogens is 250 g/mol. The smallest absolute Gasteiger partial charge is 0.218 e. The number of hydrogen-bond donors (Lipinski definition) is 1. The fourth-order valence-corrected chi connectivity index (χ4v) is 3.24. The summed E-state index contributed by atoms with van der Waals surface area (Å²) in [6.45, 7) is 4.13. The average molecular weight is 271 g/mol. The zero-order chi connectivity index (χ0) is 13.8. The molecule has 0 fully saturated rings. The van der Waals surface area contributed by atoms with Gasteiger partial charge in [0.15, 0.2) is 0 Å². The molecule has 0 aliphatic carbocycles. The zero-order valence-corrected chi connectivity index (χ0v) is 11.9. The molecule has 1 aromatic heterocycles. The molecule has 0 aliphatic heterocycles. The van der Waals surface area contributed by atoms with Gasteiger partial charge >= 0.3 is 0 Å². The van der Waals surface area contributed by atoms with E-state index < -0.39 is 15.3 Å². The van der Waals surface area contributed by atoms with Gasteiger partial charge in [0.05, 0.1) is 17.5 Å². The second-order valence-electron chi connectivity index (χ2n) is 4.34. The van der Waals surface area contributed by atoms with E-state index in [1.54, 1.807) is 7.05 Å². The molecule has 0 bridgehead atoms. The van der Waals surface area contributed by atoms with Crippen LogP contribution in [0.25, 0.3) is 0 Å². The van der Waals surface area contributed by atoms with Crippen molar-refractivity contribution >= 4 is 10.0 Å². The molecule has 1 aromatic rings.